The monoisotopic (exact) mass is 347 g/mol. The fourth-order valence-electron chi connectivity index (χ4n) is 3.91. The molecule has 4 heteroatoms. The summed E-state index contributed by atoms with van der Waals surface area (Å²) in [5.74, 6) is 1.38. The third-order valence-corrected chi connectivity index (χ3v) is 5.28. The number of anilines is 1. The maximum atomic E-state index is 12.7. The fourth-order valence-corrected chi connectivity index (χ4v) is 3.91. The Kier molecular flexibility index (Phi) is 4.49. The molecule has 1 aliphatic rings. The Morgan fingerprint density at radius 2 is 1.85 bits per heavy atom. The van der Waals surface area contributed by atoms with E-state index in [1.165, 1.54) is 11.1 Å². The van der Waals surface area contributed by atoms with Crippen LogP contribution in [-0.2, 0) is 17.8 Å². The predicted octanol–water partition coefficient (Wildman–Crippen LogP) is 4.53. The van der Waals surface area contributed by atoms with E-state index in [9.17, 15) is 4.79 Å². The highest BCUT2D eigenvalue weighted by Gasteiger charge is 2.34. The molecule has 2 heterocycles. The lowest BCUT2D eigenvalue weighted by molar-refractivity contribution is -0.117. The van der Waals surface area contributed by atoms with Gasteiger partial charge < -0.3 is 9.47 Å². The van der Waals surface area contributed by atoms with E-state index in [0.29, 0.717) is 13.0 Å². The number of hydrogen-bond donors (Lipinski definition) is 0. The van der Waals surface area contributed by atoms with E-state index in [0.717, 1.165) is 36.4 Å². The van der Waals surface area contributed by atoms with Gasteiger partial charge in [0.15, 0.2) is 0 Å². The molecule has 1 fully saturated rings. The van der Waals surface area contributed by atoms with E-state index in [1.54, 1.807) is 0 Å². The van der Waals surface area contributed by atoms with Gasteiger partial charge in [-0.05, 0) is 42.7 Å². The molecule has 1 aliphatic heterocycles. The van der Waals surface area contributed by atoms with E-state index in [1.807, 2.05) is 11.0 Å². The SMILES string of the molecule is CCCn1c([C@H]2CC(=O)N(c3ccc(CC)cc3)C2)nc2ccccc21. The Morgan fingerprint density at radius 1 is 1.08 bits per heavy atom. The number of hydrogen-bond acceptors (Lipinski definition) is 2. The summed E-state index contributed by atoms with van der Waals surface area (Å²) in [5, 5.41) is 0. The summed E-state index contributed by atoms with van der Waals surface area (Å²) in [4.78, 5) is 19.5. The topological polar surface area (TPSA) is 38.1 Å². The number of fused-ring (bicyclic) bond motifs is 1. The number of benzene rings is 2. The standard InChI is InChI=1S/C22H25N3O/c1-3-13-24-20-8-6-5-7-19(20)23-22(24)17-14-21(26)25(15-17)18-11-9-16(4-2)10-12-18/h5-12,17H,3-4,13-15H2,1-2H3/t17-/m0/s1. The maximum Gasteiger partial charge on any atom is 0.227 e. The van der Waals surface area contributed by atoms with Crippen LogP contribution in [0.2, 0.25) is 0 Å². The van der Waals surface area contributed by atoms with Crippen molar-refractivity contribution in [3.05, 3.63) is 59.9 Å². The minimum absolute atomic E-state index is 0.146. The number of imidazole rings is 1. The highest BCUT2D eigenvalue weighted by atomic mass is 16.2. The Hall–Kier alpha value is -2.62. The lowest BCUT2D eigenvalue weighted by atomic mass is 10.1. The number of carbonyl (C=O) groups is 1. The number of carbonyl (C=O) groups excluding carboxylic acids is 1. The number of nitrogens with zero attached hydrogens (tertiary/aromatic N) is 3. The van der Waals surface area contributed by atoms with Crippen LogP contribution in [0, 0.1) is 0 Å². The molecule has 0 N–H and O–H groups in total. The number of aromatic nitrogens is 2. The van der Waals surface area contributed by atoms with Crippen LogP contribution in [-0.4, -0.2) is 22.0 Å². The zero-order chi connectivity index (χ0) is 18.1. The second kappa shape index (κ2) is 6.94. The molecule has 4 rings (SSSR count). The van der Waals surface area contributed by atoms with Crippen LogP contribution in [0.15, 0.2) is 48.5 Å². The van der Waals surface area contributed by atoms with Crippen molar-refractivity contribution >= 4 is 22.6 Å². The van der Waals surface area contributed by atoms with Crippen LogP contribution in [0.5, 0.6) is 0 Å². The average molecular weight is 347 g/mol. The number of amides is 1. The van der Waals surface area contributed by atoms with Crippen molar-refractivity contribution in [3.8, 4) is 0 Å². The average Bonchev–Trinajstić information content (AvgIpc) is 3.23. The molecule has 0 aliphatic carbocycles. The summed E-state index contributed by atoms with van der Waals surface area (Å²) >= 11 is 0. The summed E-state index contributed by atoms with van der Waals surface area (Å²) in [5.41, 5.74) is 4.48. The summed E-state index contributed by atoms with van der Waals surface area (Å²) < 4.78 is 2.30. The van der Waals surface area contributed by atoms with Crippen molar-refractivity contribution in [1.82, 2.24) is 9.55 Å². The van der Waals surface area contributed by atoms with E-state index < -0.39 is 0 Å². The lowest BCUT2D eigenvalue weighted by Gasteiger charge is -2.17. The Morgan fingerprint density at radius 3 is 2.58 bits per heavy atom. The second-order valence-corrected chi connectivity index (χ2v) is 7.04. The number of aryl methyl sites for hydroxylation is 2. The first-order valence-electron chi connectivity index (χ1n) is 9.55. The molecule has 0 saturated carbocycles. The minimum Gasteiger partial charge on any atom is -0.328 e. The lowest BCUT2D eigenvalue weighted by Crippen LogP contribution is -2.24. The molecule has 1 aromatic heterocycles. The van der Waals surface area contributed by atoms with Crippen molar-refractivity contribution in [1.29, 1.82) is 0 Å². The van der Waals surface area contributed by atoms with Crippen LogP contribution in [0.3, 0.4) is 0 Å². The second-order valence-electron chi connectivity index (χ2n) is 7.04. The quantitative estimate of drug-likeness (QED) is 0.680. The van der Waals surface area contributed by atoms with Gasteiger partial charge in [0.1, 0.15) is 5.82 Å². The van der Waals surface area contributed by atoms with Crippen LogP contribution in [0.4, 0.5) is 5.69 Å². The fraction of sp³-hybridized carbons (Fsp3) is 0.364. The molecule has 3 aromatic rings. The summed E-state index contributed by atoms with van der Waals surface area (Å²) in [6.07, 6.45) is 2.59. The molecule has 4 nitrogen and oxygen atoms in total. The van der Waals surface area contributed by atoms with Gasteiger partial charge in [0.05, 0.1) is 11.0 Å². The van der Waals surface area contributed by atoms with E-state index in [2.05, 4.69) is 60.9 Å². The van der Waals surface area contributed by atoms with Crippen molar-refractivity contribution < 1.29 is 4.79 Å². The molecule has 26 heavy (non-hydrogen) atoms. The zero-order valence-corrected chi connectivity index (χ0v) is 15.5. The normalized spacial score (nSPS) is 17.4. The van der Waals surface area contributed by atoms with Gasteiger partial charge in [0.25, 0.3) is 0 Å². The Bertz CT molecular complexity index is 926. The summed E-state index contributed by atoms with van der Waals surface area (Å²) in [7, 11) is 0. The van der Waals surface area contributed by atoms with Crippen molar-refractivity contribution in [3.63, 3.8) is 0 Å². The molecule has 1 saturated heterocycles. The minimum atomic E-state index is 0.146. The van der Waals surface area contributed by atoms with Crippen LogP contribution in [0.1, 0.15) is 44.0 Å². The smallest absolute Gasteiger partial charge is 0.227 e. The molecule has 1 atom stereocenters. The highest BCUT2D eigenvalue weighted by molar-refractivity contribution is 5.96. The highest BCUT2D eigenvalue weighted by Crippen LogP contribution is 2.33. The first kappa shape index (κ1) is 16.8. The van der Waals surface area contributed by atoms with Gasteiger partial charge in [-0.2, -0.15) is 0 Å². The van der Waals surface area contributed by atoms with E-state index in [-0.39, 0.29) is 11.8 Å². The molecule has 2 aromatic carbocycles. The molecule has 0 bridgehead atoms. The van der Waals surface area contributed by atoms with Gasteiger partial charge in [-0.3, -0.25) is 4.79 Å². The molecule has 0 radical (unpaired) electrons. The molecule has 134 valence electrons. The molecule has 1 amide bonds. The van der Waals surface area contributed by atoms with Crippen LogP contribution < -0.4 is 4.90 Å². The third kappa shape index (κ3) is 2.90. The van der Waals surface area contributed by atoms with Gasteiger partial charge in [-0.25, -0.2) is 4.98 Å². The molecular weight excluding hydrogens is 322 g/mol. The van der Waals surface area contributed by atoms with E-state index >= 15 is 0 Å². The van der Waals surface area contributed by atoms with Gasteiger partial charge in [-0.1, -0.05) is 38.1 Å². The Balaban J connectivity index is 1.66. The van der Waals surface area contributed by atoms with E-state index in [4.69, 9.17) is 4.98 Å². The van der Waals surface area contributed by atoms with Gasteiger partial charge >= 0.3 is 0 Å². The Labute approximate surface area is 154 Å². The van der Waals surface area contributed by atoms with Crippen molar-refractivity contribution in [2.24, 2.45) is 0 Å². The molecular formula is C22H25N3O. The predicted molar refractivity (Wildman–Crippen MR) is 106 cm³/mol. The number of rotatable bonds is 5. The van der Waals surface area contributed by atoms with Crippen molar-refractivity contribution in [2.45, 2.75) is 45.6 Å². The number of para-hydroxylation sites is 2. The van der Waals surface area contributed by atoms with Crippen molar-refractivity contribution in [2.75, 3.05) is 11.4 Å². The summed E-state index contributed by atoms with van der Waals surface area (Å²) in [6.45, 7) is 5.97. The van der Waals surface area contributed by atoms with Gasteiger partial charge in [0.2, 0.25) is 5.91 Å². The zero-order valence-electron chi connectivity index (χ0n) is 15.5. The van der Waals surface area contributed by atoms with Crippen LogP contribution in [0.25, 0.3) is 11.0 Å². The molecule has 0 spiro atoms. The first-order valence-corrected chi connectivity index (χ1v) is 9.55. The third-order valence-electron chi connectivity index (χ3n) is 5.28. The van der Waals surface area contributed by atoms with Gasteiger partial charge in [0, 0.05) is 31.1 Å². The van der Waals surface area contributed by atoms with Gasteiger partial charge in [-0.15, -0.1) is 0 Å². The maximum absolute atomic E-state index is 12.7. The molecule has 0 unspecified atom stereocenters. The van der Waals surface area contributed by atoms with Crippen LogP contribution >= 0.6 is 0 Å². The summed E-state index contributed by atoms with van der Waals surface area (Å²) in [6, 6.07) is 16.6. The first-order chi connectivity index (χ1) is 12.7. The largest absolute Gasteiger partial charge is 0.328 e.